The predicted molar refractivity (Wildman–Crippen MR) is 390 cm³/mol. The van der Waals surface area contributed by atoms with Gasteiger partial charge in [-0.15, -0.1) is 0 Å². The van der Waals surface area contributed by atoms with Gasteiger partial charge in [-0.2, -0.15) is 0 Å². The molecule has 0 saturated heterocycles. The second-order valence-electron chi connectivity index (χ2n) is 32.2. The predicted octanol–water partition coefficient (Wildman–Crippen LogP) is 22.0. The zero-order valence-electron chi connectivity index (χ0n) is 56.5. The first-order chi connectivity index (χ1) is 43.6. The first-order valence-corrected chi connectivity index (χ1v) is 33.3. The number of rotatable bonds is 2. The van der Waals surface area contributed by atoms with E-state index in [2.05, 4.69) is 322 Å². The Labute approximate surface area is 545 Å². The minimum atomic E-state index is -0.701. The molecule has 0 fully saturated rings. The lowest BCUT2D eigenvalue weighted by Gasteiger charge is -2.43. The highest BCUT2D eigenvalue weighted by Crippen LogP contribution is 2.57. The van der Waals surface area contributed by atoms with E-state index >= 15 is 0 Å². The van der Waals surface area contributed by atoms with E-state index in [0.29, 0.717) is 0 Å². The monoisotopic (exact) mass is 1200 g/mol. The van der Waals surface area contributed by atoms with Crippen molar-refractivity contribution in [3.8, 4) is 95.4 Å². The third kappa shape index (κ3) is 8.90. The molecule has 0 aliphatic carbocycles. The molecule has 0 spiro atoms. The van der Waals surface area contributed by atoms with Gasteiger partial charge in [-0.25, -0.2) is 0 Å². The van der Waals surface area contributed by atoms with Crippen LogP contribution in [0.25, 0.3) is 94.3 Å². The summed E-state index contributed by atoms with van der Waals surface area (Å²) in [6, 6.07) is 80.3. The zero-order valence-corrected chi connectivity index (χ0v) is 56.5. The van der Waals surface area contributed by atoms with Crippen molar-refractivity contribution in [3.63, 3.8) is 0 Å². The van der Waals surface area contributed by atoms with E-state index in [-0.39, 0.29) is 28.4 Å². The quantitative estimate of drug-likeness (QED) is 0.161. The normalized spacial score (nSPS) is 14.8. The van der Waals surface area contributed by atoms with Gasteiger partial charge in [0.25, 0.3) is 6.71 Å². The number of hydrogen-bond donors (Lipinski definition) is 0. The van der Waals surface area contributed by atoms with Crippen molar-refractivity contribution in [2.45, 2.75) is 143 Å². The highest BCUT2D eigenvalue weighted by molar-refractivity contribution is 6.98. The van der Waals surface area contributed by atoms with E-state index in [4.69, 9.17) is 9.47 Å². The molecule has 8 bridgehead atoms. The van der Waals surface area contributed by atoms with Crippen LogP contribution in [-0.2, 0) is 32.5 Å². The first kappa shape index (κ1) is 58.0. The summed E-state index contributed by atoms with van der Waals surface area (Å²) in [6.45, 7) is 37.3. The molecule has 454 valence electrons. The molecule has 7 heterocycles. The SMILES string of the molecule is CC(C)(C)c1ccc(-c2cc3cc(c2)-c2cccc4c5cccc6c5n(c24)-c2c(c4c5c(c2C(C)(C)c2ccc(cc2)-c2cc(-c7ccc(C(C)(C)C)cc7)cc-6c2)Oc2ccc(C(C)(C)C)cc2B5c2cc(C(C)(C)C)ccc2O4)C(C)(C)c2ccc-3cc2)cc1. The lowest BCUT2D eigenvalue weighted by molar-refractivity contribution is 0.438. The summed E-state index contributed by atoms with van der Waals surface area (Å²) >= 11 is 0. The fraction of sp³-hybridized carbons (Fsp3) is 0.250. The number of fused-ring (bicyclic) bond motifs is 9. The maximum atomic E-state index is 8.03. The highest BCUT2D eigenvalue weighted by atomic mass is 16.5. The number of nitrogens with zero attached hydrogens (tertiary/aromatic N) is 1. The van der Waals surface area contributed by atoms with E-state index in [9.17, 15) is 0 Å². The summed E-state index contributed by atoms with van der Waals surface area (Å²) in [5, 5.41) is 2.36. The van der Waals surface area contributed by atoms with Crippen molar-refractivity contribution in [2.75, 3.05) is 0 Å². The van der Waals surface area contributed by atoms with Crippen LogP contribution in [-0.4, -0.2) is 11.3 Å². The molecule has 3 nitrogen and oxygen atoms in total. The number of ether oxygens (including phenoxy) is 2. The van der Waals surface area contributed by atoms with Crippen LogP contribution in [0.2, 0.25) is 0 Å². The third-order valence-corrected chi connectivity index (χ3v) is 21.3. The Hall–Kier alpha value is -9.12. The summed E-state index contributed by atoms with van der Waals surface area (Å²) in [7, 11) is 0. The maximum Gasteiger partial charge on any atom is 0.260 e. The van der Waals surface area contributed by atoms with Gasteiger partial charge >= 0.3 is 0 Å². The lowest BCUT2D eigenvalue weighted by Crippen LogP contribution is -2.59. The molecular weight excluding hydrogens is 1110 g/mol. The average Bonchev–Trinajstić information content (AvgIpc) is 1.29. The Morgan fingerprint density at radius 1 is 0.326 bits per heavy atom. The average molecular weight is 1200 g/mol. The van der Waals surface area contributed by atoms with Crippen molar-refractivity contribution in [3.05, 3.63) is 251 Å². The minimum Gasteiger partial charge on any atom is -0.458 e. The van der Waals surface area contributed by atoms with Gasteiger partial charge in [0.05, 0.1) is 16.7 Å². The zero-order chi connectivity index (χ0) is 64.1. The van der Waals surface area contributed by atoms with Crippen molar-refractivity contribution in [2.24, 2.45) is 0 Å². The molecule has 0 N–H and O–H groups in total. The van der Waals surface area contributed by atoms with Gasteiger partial charge in [0.1, 0.15) is 23.0 Å². The van der Waals surface area contributed by atoms with Gasteiger partial charge < -0.3 is 14.0 Å². The Bertz CT molecular complexity index is 4770. The number of para-hydroxylation sites is 2. The van der Waals surface area contributed by atoms with Crippen LogP contribution >= 0.6 is 0 Å². The van der Waals surface area contributed by atoms with Crippen molar-refractivity contribution < 1.29 is 9.47 Å². The molecule has 0 radical (unpaired) electrons. The fourth-order valence-electron chi connectivity index (χ4n) is 15.7. The molecule has 92 heavy (non-hydrogen) atoms. The van der Waals surface area contributed by atoms with E-state index in [1.807, 2.05) is 0 Å². The molecule has 6 aliphatic rings. The van der Waals surface area contributed by atoms with Crippen LogP contribution in [0.1, 0.15) is 155 Å². The molecule has 12 aromatic rings. The van der Waals surface area contributed by atoms with Crippen LogP contribution in [0.3, 0.4) is 0 Å². The second kappa shape index (κ2) is 19.7. The second-order valence-corrected chi connectivity index (χ2v) is 32.2. The fourth-order valence-corrected chi connectivity index (χ4v) is 15.7. The minimum absolute atomic E-state index is 0.0216. The van der Waals surface area contributed by atoms with Crippen LogP contribution in [0.15, 0.2) is 206 Å². The summed E-state index contributed by atoms with van der Waals surface area (Å²) in [5.74, 6) is 3.48. The molecule has 0 atom stereocenters. The van der Waals surface area contributed by atoms with E-state index in [0.717, 1.165) is 78.6 Å². The Balaban J connectivity index is 1.13. The third-order valence-electron chi connectivity index (χ3n) is 21.3. The maximum absolute atomic E-state index is 8.03. The molecule has 0 saturated carbocycles. The number of aromatic nitrogens is 1. The van der Waals surface area contributed by atoms with Gasteiger partial charge in [-0.3, -0.25) is 0 Å². The number of hydrogen-bond acceptors (Lipinski definition) is 2. The van der Waals surface area contributed by atoms with Crippen LogP contribution in [0.5, 0.6) is 23.0 Å². The molecule has 1 aromatic heterocycles. The van der Waals surface area contributed by atoms with E-state index in [1.165, 1.54) is 99.6 Å². The van der Waals surface area contributed by atoms with Gasteiger partial charge in [0.15, 0.2) is 0 Å². The first-order valence-electron chi connectivity index (χ1n) is 33.3. The molecule has 0 unspecified atom stereocenters. The van der Waals surface area contributed by atoms with Crippen molar-refractivity contribution in [1.29, 1.82) is 0 Å². The van der Waals surface area contributed by atoms with Gasteiger partial charge in [-0.05, 0) is 170 Å². The van der Waals surface area contributed by atoms with Crippen LogP contribution < -0.4 is 25.9 Å². The summed E-state index contributed by atoms with van der Waals surface area (Å²) in [5.41, 5.74) is 29.0. The smallest absolute Gasteiger partial charge is 0.260 e. The van der Waals surface area contributed by atoms with Crippen LogP contribution in [0, 0.1) is 0 Å². The summed E-state index contributed by atoms with van der Waals surface area (Å²) in [4.78, 5) is 0. The molecule has 11 aromatic carbocycles. The lowest BCUT2D eigenvalue weighted by atomic mass is 9.34. The molecular formula is C88H82BNO2. The van der Waals surface area contributed by atoms with Gasteiger partial charge in [-0.1, -0.05) is 269 Å². The van der Waals surface area contributed by atoms with E-state index in [1.54, 1.807) is 0 Å². The highest BCUT2D eigenvalue weighted by Gasteiger charge is 2.50. The molecule has 4 heteroatoms. The summed E-state index contributed by atoms with van der Waals surface area (Å²) in [6.07, 6.45) is 0. The Morgan fingerprint density at radius 2 is 0.641 bits per heavy atom. The molecule has 18 rings (SSSR count). The standard InChI is InChI=1S/C88H82BNO2/c1-83(2,3)61-31-23-51(24-32-61)55-43-57-47-59(45-55)67-19-17-21-69-70-22-18-20-68-60-46-56(52-25-33-62(34-26-52)84(4,5)6)44-58(48-60)54-29-37-64(38-30-54)88(15,16)76-80(90(78(67)69)79(68)70)75(87(13,14)63-35-27-53(57)28-36-63)81-77-82(76)92-74-42-40-66(86(10,11)12)50-72(74)89(77)71-49-65(85(7,8)9)39-41-73(71)91-81/h17-50H,1-16H3. The van der Waals surface area contributed by atoms with Crippen molar-refractivity contribution in [1.82, 2.24) is 4.57 Å². The van der Waals surface area contributed by atoms with Crippen LogP contribution in [0.4, 0.5) is 0 Å². The van der Waals surface area contributed by atoms with E-state index < -0.39 is 10.8 Å². The number of benzene rings is 11. The topological polar surface area (TPSA) is 23.4 Å². The molecule has 6 aliphatic heterocycles. The largest absolute Gasteiger partial charge is 0.458 e. The van der Waals surface area contributed by atoms with Gasteiger partial charge in [0, 0.05) is 49.3 Å². The Kier molecular flexibility index (Phi) is 12.4. The van der Waals surface area contributed by atoms with Gasteiger partial charge in [0.2, 0.25) is 0 Å². The Morgan fingerprint density at radius 3 is 0.978 bits per heavy atom. The summed E-state index contributed by atoms with van der Waals surface area (Å²) < 4.78 is 18.8. The van der Waals surface area contributed by atoms with Crippen molar-refractivity contribution >= 4 is 44.9 Å². The molecule has 0 amide bonds.